The maximum Gasteiger partial charge on any atom is 0.135 e. The number of phenols is 1. The molecule has 192 valence electrons. The van der Waals surface area contributed by atoms with Crippen molar-refractivity contribution in [1.29, 1.82) is 0 Å². The number of anilines is 1. The molecule has 1 saturated carbocycles. The molecule has 0 unspecified atom stereocenters. The summed E-state index contributed by atoms with van der Waals surface area (Å²) in [5.74, 6) is 1.41. The molecule has 0 bridgehead atoms. The van der Waals surface area contributed by atoms with E-state index in [0.29, 0.717) is 5.84 Å². The molecule has 1 fully saturated rings. The Morgan fingerprint density at radius 1 is 1.22 bits per heavy atom. The highest BCUT2D eigenvalue weighted by molar-refractivity contribution is 6.06. The molecule has 2 heterocycles. The smallest absolute Gasteiger partial charge is 0.135 e. The van der Waals surface area contributed by atoms with Gasteiger partial charge in [0.2, 0.25) is 0 Å². The van der Waals surface area contributed by atoms with Crippen LogP contribution in [0.15, 0.2) is 59.9 Å². The fourth-order valence-corrected chi connectivity index (χ4v) is 5.14. The van der Waals surface area contributed by atoms with E-state index >= 15 is 0 Å². The summed E-state index contributed by atoms with van der Waals surface area (Å²) in [5, 5.41) is 18.3. The van der Waals surface area contributed by atoms with E-state index in [4.69, 9.17) is 21.2 Å². The highest BCUT2D eigenvalue weighted by Crippen LogP contribution is 2.34. The first-order valence-corrected chi connectivity index (χ1v) is 12.7. The number of ether oxygens (including phenoxy) is 1. The van der Waals surface area contributed by atoms with Crippen LogP contribution in [0.5, 0.6) is 11.5 Å². The second-order valence-electron chi connectivity index (χ2n) is 9.75. The molecule has 1 aliphatic carbocycles. The normalized spacial score (nSPS) is 17.9. The molecule has 8 heteroatoms. The summed E-state index contributed by atoms with van der Waals surface area (Å²) in [6, 6.07) is 13.8. The molecular formula is C29H34N6O2. The Morgan fingerprint density at radius 3 is 2.76 bits per heavy atom. The molecule has 1 aliphatic rings. The second kappa shape index (κ2) is 10.1. The number of aryl methyl sites for hydroxylation is 2. The minimum absolute atomic E-state index is 0.193. The Morgan fingerprint density at radius 2 is 2.05 bits per heavy atom. The lowest BCUT2D eigenvalue weighted by atomic mass is 10.0. The summed E-state index contributed by atoms with van der Waals surface area (Å²) < 4.78 is 7.26. The first-order valence-electron chi connectivity index (χ1n) is 12.7. The van der Waals surface area contributed by atoms with Gasteiger partial charge in [0.05, 0.1) is 35.8 Å². The zero-order valence-electron chi connectivity index (χ0n) is 21.5. The minimum Gasteiger partial charge on any atom is -0.508 e. The molecule has 4 aromatic rings. The molecule has 6 N–H and O–H groups in total. The van der Waals surface area contributed by atoms with E-state index in [1.807, 2.05) is 29.8 Å². The van der Waals surface area contributed by atoms with E-state index in [-0.39, 0.29) is 17.8 Å². The van der Waals surface area contributed by atoms with Gasteiger partial charge in [-0.1, -0.05) is 13.0 Å². The van der Waals surface area contributed by atoms with E-state index in [2.05, 4.69) is 29.5 Å². The van der Waals surface area contributed by atoms with Gasteiger partial charge in [-0.2, -0.15) is 5.10 Å². The minimum atomic E-state index is 0.193. The van der Waals surface area contributed by atoms with Crippen molar-refractivity contribution in [2.45, 2.75) is 51.6 Å². The predicted molar refractivity (Wildman–Crippen MR) is 149 cm³/mol. The number of amidine groups is 1. The first-order chi connectivity index (χ1) is 17.9. The molecule has 37 heavy (non-hydrogen) atoms. The first kappa shape index (κ1) is 24.6. The van der Waals surface area contributed by atoms with Crippen LogP contribution in [-0.4, -0.2) is 39.7 Å². The van der Waals surface area contributed by atoms with Crippen molar-refractivity contribution >= 4 is 22.7 Å². The van der Waals surface area contributed by atoms with Gasteiger partial charge in [0.25, 0.3) is 0 Å². The highest BCUT2D eigenvalue weighted by atomic mass is 16.5. The largest absolute Gasteiger partial charge is 0.508 e. The number of aromatic hydroxyl groups is 1. The number of hydrogen-bond donors (Lipinski definition) is 4. The van der Waals surface area contributed by atoms with Crippen molar-refractivity contribution in [3.05, 3.63) is 71.5 Å². The molecule has 0 radical (unpaired) electrons. The van der Waals surface area contributed by atoms with E-state index < -0.39 is 0 Å². The molecule has 2 aromatic carbocycles. The fourth-order valence-electron chi connectivity index (χ4n) is 5.14. The zero-order chi connectivity index (χ0) is 26.1. The van der Waals surface area contributed by atoms with E-state index in [1.54, 1.807) is 31.5 Å². The SMILES string of the molecule is CCc1cc(O)ccc1N=C(N)c1cnn2cc(-c3ccc(OC)cc3C)cc2c1N[C@@H]1CC[C@H](N)C1. The van der Waals surface area contributed by atoms with Gasteiger partial charge in [0.15, 0.2) is 0 Å². The van der Waals surface area contributed by atoms with Gasteiger partial charge in [-0.25, -0.2) is 9.51 Å². The molecule has 5 rings (SSSR count). The topological polar surface area (TPSA) is 123 Å². The molecule has 0 saturated heterocycles. The summed E-state index contributed by atoms with van der Waals surface area (Å²) in [7, 11) is 1.67. The summed E-state index contributed by atoms with van der Waals surface area (Å²) in [6.45, 7) is 4.10. The van der Waals surface area contributed by atoms with E-state index in [0.717, 1.165) is 76.1 Å². The summed E-state index contributed by atoms with van der Waals surface area (Å²) in [4.78, 5) is 4.75. The zero-order valence-corrected chi connectivity index (χ0v) is 21.5. The third-order valence-electron chi connectivity index (χ3n) is 7.16. The number of benzene rings is 2. The lowest BCUT2D eigenvalue weighted by molar-refractivity contribution is 0.414. The van der Waals surface area contributed by atoms with Crippen molar-refractivity contribution in [2.24, 2.45) is 16.5 Å². The average molecular weight is 499 g/mol. The van der Waals surface area contributed by atoms with Crippen molar-refractivity contribution in [2.75, 3.05) is 12.4 Å². The molecule has 0 spiro atoms. The Labute approximate surface area is 217 Å². The summed E-state index contributed by atoms with van der Waals surface area (Å²) in [5.41, 5.74) is 20.3. The van der Waals surface area contributed by atoms with Crippen LogP contribution >= 0.6 is 0 Å². The Bertz CT molecular complexity index is 1480. The Kier molecular flexibility index (Phi) is 6.76. The van der Waals surface area contributed by atoms with Crippen molar-refractivity contribution in [1.82, 2.24) is 9.61 Å². The number of aliphatic imine (C=N–C) groups is 1. The number of fused-ring (bicyclic) bond motifs is 1. The predicted octanol–water partition coefficient (Wildman–Crippen LogP) is 4.92. The standard InChI is InChI=1S/C29H34N6O2/c1-4-18-12-22(36)7-10-26(18)34-29(31)25-15-32-35-16-19(24-9-8-23(37-3)11-17(24)2)13-27(35)28(25)33-21-6-5-20(30)14-21/h7-13,15-16,20-21,33,36H,4-6,14,30H2,1-3H3,(H2,31,34)/t20-,21+/m0/s1. The number of rotatable bonds is 7. The van der Waals surface area contributed by atoms with Crippen LogP contribution in [0.4, 0.5) is 11.4 Å². The van der Waals surface area contributed by atoms with Gasteiger partial charge < -0.3 is 26.6 Å². The maximum atomic E-state index is 9.89. The van der Waals surface area contributed by atoms with Gasteiger partial charge in [-0.05, 0) is 85.7 Å². The number of nitrogens with two attached hydrogens (primary N) is 2. The molecular weight excluding hydrogens is 464 g/mol. The van der Waals surface area contributed by atoms with Crippen molar-refractivity contribution in [3.63, 3.8) is 0 Å². The third-order valence-corrected chi connectivity index (χ3v) is 7.16. The van der Waals surface area contributed by atoms with E-state index in [9.17, 15) is 5.11 Å². The molecule has 0 aliphatic heterocycles. The lowest BCUT2D eigenvalue weighted by Gasteiger charge is -2.18. The lowest BCUT2D eigenvalue weighted by Crippen LogP contribution is -2.24. The van der Waals surface area contributed by atoms with E-state index in [1.165, 1.54) is 0 Å². The van der Waals surface area contributed by atoms with Gasteiger partial charge >= 0.3 is 0 Å². The number of hydrogen-bond acceptors (Lipinski definition) is 6. The average Bonchev–Trinajstić information content (AvgIpc) is 3.51. The molecule has 0 amide bonds. The maximum absolute atomic E-state index is 9.89. The molecule has 2 atom stereocenters. The number of phenolic OH excluding ortho intramolecular Hbond substituents is 1. The van der Waals surface area contributed by atoms with Gasteiger partial charge in [0.1, 0.15) is 17.3 Å². The van der Waals surface area contributed by atoms with Crippen LogP contribution in [-0.2, 0) is 6.42 Å². The van der Waals surface area contributed by atoms with Gasteiger partial charge in [-0.15, -0.1) is 0 Å². The van der Waals surface area contributed by atoms with Crippen LogP contribution in [0.2, 0.25) is 0 Å². The number of nitrogens with zero attached hydrogens (tertiary/aromatic N) is 3. The van der Waals surface area contributed by atoms with Crippen molar-refractivity contribution in [3.8, 4) is 22.6 Å². The van der Waals surface area contributed by atoms with Crippen molar-refractivity contribution < 1.29 is 9.84 Å². The van der Waals surface area contributed by atoms with Crippen LogP contribution in [0.1, 0.15) is 42.9 Å². The number of methoxy groups -OCH3 is 1. The Hall–Kier alpha value is -4.04. The summed E-state index contributed by atoms with van der Waals surface area (Å²) >= 11 is 0. The monoisotopic (exact) mass is 498 g/mol. The van der Waals surface area contributed by atoms with Crippen LogP contribution in [0.3, 0.4) is 0 Å². The number of nitrogens with one attached hydrogen (secondary N) is 1. The quantitative estimate of drug-likeness (QED) is 0.212. The van der Waals surface area contributed by atoms with Crippen LogP contribution < -0.4 is 21.5 Å². The van der Waals surface area contributed by atoms with Gasteiger partial charge in [0, 0.05) is 23.8 Å². The van der Waals surface area contributed by atoms with Crippen LogP contribution in [0.25, 0.3) is 16.6 Å². The van der Waals surface area contributed by atoms with Crippen LogP contribution in [0, 0.1) is 6.92 Å². The highest BCUT2D eigenvalue weighted by Gasteiger charge is 2.24. The second-order valence-corrected chi connectivity index (χ2v) is 9.75. The molecule has 2 aromatic heterocycles. The Balaban J connectivity index is 1.62. The number of aromatic nitrogens is 2. The molecule has 8 nitrogen and oxygen atoms in total. The third kappa shape index (κ3) is 4.97. The van der Waals surface area contributed by atoms with Gasteiger partial charge in [-0.3, -0.25) is 0 Å². The summed E-state index contributed by atoms with van der Waals surface area (Å²) in [6.07, 6.45) is 7.40. The fraction of sp³-hybridized carbons (Fsp3) is 0.310.